The molecule has 0 radical (unpaired) electrons. The Labute approximate surface area is 99.9 Å². The molecule has 90 valence electrons. The van der Waals surface area contributed by atoms with Gasteiger partial charge in [0.25, 0.3) is 0 Å². The van der Waals surface area contributed by atoms with Crippen molar-refractivity contribution in [1.82, 2.24) is 19.7 Å². The highest BCUT2D eigenvalue weighted by molar-refractivity contribution is 7.80. The summed E-state index contributed by atoms with van der Waals surface area (Å²) in [6, 6.07) is 2.71. The molecule has 0 atom stereocenters. The quantitative estimate of drug-likeness (QED) is 0.799. The summed E-state index contributed by atoms with van der Waals surface area (Å²) in [6.45, 7) is 0. The molecular formula is C9H7F3N4S. The first kappa shape index (κ1) is 11.9. The van der Waals surface area contributed by atoms with Crippen LogP contribution in [0.25, 0.3) is 11.4 Å². The van der Waals surface area contributed by atoms with Crippen LogP contribution in [0, 0.1) is 0 Å². The standard InChI is InChI=1S/C9H7F3N4S/c1-16-7(14-15-8(16)17)5-3-2-4-13-6(5)9(10,11)12/h2-4H,1H3,(H,15,17). The van der Waals surface area contributed by atoms with Crippen molar-refractivity contribution >= 4 is 12.6 Å². The van der Waals surface area contributed by atoms with Gasteiger partial charge in [0.05, 0.1) is 5.56 Å². The van der Waals surface area contributed by atoms with E-state index in [0.29, 0.717) is 0 Å². The Hall–Kier alpha value is -1.57. The van der Waals surface area contributed by atoms with E-state index in [2.05, 4.69) is 27.8 Å². The molecule has 0 unspecified atom stereocenters. The van der Waals surface area contributed by atoms with Gasteiger partial charge in [0.15, 0.2) is 16.7 Å². The zero-order valence-electron chi connectivity index (χ0n) is 8.60. The molecule has 0 aliphatic carbocycles. The molecular weight excluding hydrogens is 253 g/mol. The second kappa shape index (κ2) is 4.02. The van der Waals surface area contributed by atoms with Crippen molar-refractivity contribution in [3.63, 3.8) is 0 Å². The highest BCUT2D eigenvalue weighted by Gasteiger charge is 2.36. The number of hydrogen-bond donors (Lipinski definition) is 1. The summed E-state index contributed by atoms with van der Waals surface area (Å²) in [5, 5.41) is 7.49. The van der Waals surface area contributed by atoms with Gasteiger partial charge in [-0.3, -0.25) is 4.98 Å². The summed E-state index contributed by atoms with van der Waals surface area (Å²) in [5.74, 6) is 0.0791. The second-order valence-electron chi connectivity index (χ2n) is 3.28. The molecule has 2 heterocycles. The Morgan fingerprint density at radius 1 is 1.29 bits per heavy atom. The van der Waals surface area contributed by atoms with Crippen molar-refractivity contribution in [3.05, 3.63) is 24.0 Å². The van der Waals surface area contributed by atoms with Gasteiger partial charge in [-0.15, -0.1) is 22.8 Å². The molecule has 0 saturated carbocycles. The van der Waals surface area contributed by atoms with E-state index < -0.39 is 11.9 Å². The first-order valence-corrected chi connectivity index (χ1v) is 4.97. The zero-order valence-corrected chi connectivity index (χ0v) is 9.50. The number of halogens is 3. The summed E-state index contributed by atoms with van der Waals surface area (Å²) < 4.78 is 39.6. The number of thiol groups is 1. The summed E-state index contributed by atoms with van der Waals surface area (Å²) in [7, 11) is 1.53. The lowest BCUT2D eigenvalue weighted by molar-refractivity contribution is -0.140. The first-order chi connectivity index (χ1) is 7.91. The minimum atomic E-state index is -4.53. The normalized spacial score (nSPS) is 11.8. The van der Waals surface area contributed by atoms with Gasteiger partial charge >= 0.3 is 6.18 Å². The molecule has 2 aromatic rings. The van der Waals surface area contributed by atoms with E-state index in [4.69, 9.17) is 0 Å². The van der Waals surface area contributed by atoms with Crippen LogP contribution in [0.4, 0.5) is 13.2 Å². The van der Waals surface area contributed by atoms with Crippen molar-refractivity contribution in [2.45, 2.75) is 11.3 Å². The van der Waals surface area contributed by atoms with Crippen LogP contribution in [0.15, 0.2) is 23.5 Å². The van der Waals surface area contributed by atoms with E-state index in [1.807, 2.05) is 0 Å². The monoisotopic (exact) mass is 260 g/mol. The minimum absolute atomic E-state index is 0.0791. The largest absolute Gasteiger partial charge is 0.434 e. The topological polar surface area (TPSA) is 43.6 Å². The third-order valence-corrected chi connectivity index (χ3v) is 2.56. The minimum Gasteiger partial charge on any atom is -0.305 e. The van der Waals surface area contributed by atoms with Crippen LogP contribution in [0.5, 0.6) is 0 Å². The smallest absolute Gasteiger partial charge is 0.305 e. The molecule has 0 bridgehead atoms. The molecule has 8 heteroatoms. The molecule has 17 heavy (non-hydrogen) atoms. The van der Waals surface area contributed by atoms with Crippen LogP contribution >= 0.6 is 12.6 Å². The van der Waals surface area contributed by atoms with Gasteiger partial charge in [-0.1, -0.05) is 0 Å². The maximum Gasteiger partial charge on any atom is 0.434 e. The summed E-state index contributed by atoms with van der Waals surface area (Å²) in [4.78, 5) is 3.35. The lowest BCUT2D eigenvalue weighted by Gasteiger charge is -2.10. The molecule has 0 aliphatic rings. The summed E-state index contributed by atoms with van der Waals surface area (Å²) >= 11 is 3.96. The predicted octanol–water partition coefficient (Wildman–Crippen LogP) is 2.18. The van der Waals surface area contributed by atoms with Gasteiger partial charge < -0.3 is 4.57 Å². The fourth-order valence-corrected chi connectivity index (χ4v) is 1.51. The molecule has 0 spiro atoms. The van der Waals surface area contributed by atoms with Crippen LogP contribution in [0.2, 0.25) is 0 Å². The molecule has 0 fully saturated rings. The Balaban J connectivity index is 2.64. The van der Waals surface area contributed by atoms with Crippen LogP contribution in [0.1, 0.15) is 5.69 Å². The van der Waals surface area contributed by atoms with Crippen LogP contribution in [0.3, 0.4) is 0 Å². The van der Waals surface area contributed by atoms with Gasteiger partial charge in [-0.05, 0) is 12.1 Å². The molecule has 0 amide bonds. The average Bonchev–Trinajstić information content (AvgIpc) is 2.59. The fraction of sp³-hybridized carbons (Fsp3) is 0.222. The third kappa shape index (κ3) is 2.12. The molecule has 0 aromatic carbocycles. The average molecular weight is 260 g/mol. The van der Waals surface area contributed by atoms with E-state index in [0.717, 1.165) is 6.20 Å². The molecule has 2 rings (SSSR count). The molecule has 4 nitrogen and oxygen atoms in total. The molecule has 0 saturated heterocycles. The number of pyridine rings is 1. The van der Waals surface area contributed by atoms with Gasteiger partial charge in [-0.2, -0.15) is 13.2 Å². The third-order valence-electron chi connectivity index (χ3n) is 2.17. The number of rotatable bonds is 1. The summed E-state index contributed by atoms with van der Waals surface area (Å²) in [5.41, 5.74) is -1.10. The van der Waals surface area contributed by atoms with Gasteiger partial charge in [0.1, 0.15) is 0 Å². The number of alkyl halides is 3. The van der Waals surface area contributed by atoms with Crippen LogP contribution < -0.4 is 0 Å². The van der Waals surface area contributed by atoms with E-state index in [1.54, 1.807) is 0 Å². The SMILES string of the molecule is Cn1c(S)nnc1-c1cccnc1C(F)(F)F. The van der Waals surface area contributed by atoms with Gasteiger partial charge in [-0.25, -0.2) is 0 Å². The number of aromatic nitrogens is 4. The number of hydrogen-bond acceptors (Lipinski definition) is 4. The van der Waals surface area contributed by atoms with Gasteiger partial charge in [0, 0.05) is 13.2 Å². The highest BCUT2D eigenvalue weighted by atomic mass is 32.1. The van der Waals surface area contributed by atoms with E-state index in [1.165, 1.54) is 23.7 Å². The van der Waals surface area contributed by atoms with E-state index >= 15 is 0 Å². The van der Waals surface area contributed by atoms with Crippen molar-refractivity contribution in [2.75, 3.05) is 0 Å². The maximum absolute atomic E-state index is 12.7. The molecule has 0 N–H and O–H groups in total. The first-order valence-electron chi connectivity index (χ1n) is 4.52. The lowest BCUT2D eigenvalue weighted by atomic mass is 10.1. The van der Waals surface area contributed by atoms with Crippen molar-refractivity contribution < 1.29 is 13.2 Å². The van der Waals surface area contributed by atoms with E-state index in [-0.39, 0.29) is 16.5 Å². The Morgan fingerprint density at radius 3 is 2.53 bits per heavy atom. The van der Waals surface area contributed by atoms with Gasteiger partial charge in [0.2, 0.25) is 0 Å². The zero-order chi connectivity index (χ0) is 12.6. The van der Waals surface area contributed by atoms with E-state index in [9.17, 15) is 13.2 Å². The van der Waals surface area contributed by atoms with Crippen LogP contribution in [-0.4, -0.2) is 19.7 Å². The van der Waals surface area contributed by atoms with Crippen molar-refractivity contribution in [1.29, 1.82) is 0 Å². The highest BCUT2D eigenvalue weighted by Crippen LogP contribution is 2.34. The van der Waals surface area contributed by atoms with Crippen molar-refractivity contribution in [2.24, 2.45) is 7.05 Å². The van der Waals surface area contributed by atoms with Crippen molar-refractivity contribution in [3.8, 4) is 11.4 Å². The second-order valence-corrected chi connectivity index (χ2v) is 3.68. The Bertz CT molecular complexity index is 549. The Morgan fingerprint density at radius 2 is 2.00 bits per heavy atom. The molecule has 2 aromatic heterocycles. The Kier molecular flexibility index (Phi) is 2.82. The lowest BCUT2D eigenvalue weighted by Crippen LogP contribution is -2.11. The maximum atomic E-state index is 12.7. The summed E-state index contributed by atoms with van der Waals surface area (Å²) in [6.07, 6.45) is -3.44. The number of nitrogens with zero attached hydrogens (tertiary/aromatic N) is 4. The predicted molar refractivity (Wildman–Crippen MR) is 56.5 cm³/mol. The molecule has 0 aliphatic heterocycles. The van der Waals surface area contributed by atoms with Crippen LogP contribution in [-0.2, 0) is 13.2 Å². The fourth-order valence-electron chi connectivity index (χ4n) is 1.37.